The molecule has 0 unspecified atom stereocenters. The molecule has 1 fully saturated rings. The van der Waals surface area contributed by atoms with Gasteiger partial charge >= 0.3 is 0 Å². The Morgan fingerprint density at radius 2 is 2.00 bits per heavy atom. The van der Waals surface area contributed by atoms with Gasteiger partial charge in [0, 0.05) is 26.2 Å². The first kappa shape index (κ1) is 19.3. The van der Waals surface area contributed by atoms with Crippen LogP contribution in [0.15, 0.2) is 36.4 Å². The maximum Gasteiger partial charge on any atom is 0.279 e. The van der Waals surface area contributed by atoms with Crippen LogP contribution in [0.4, 0.5) is 8.78 Å². The molecular weight excluding hydrogens is 354 g/mol. The van der Waals surface area contributed by atoms with Crippen LogP contribution in [0.25, 0.3) is 0 Å². The summed E-state index contributed by atoms with van der Waals surface area (Å²) < 4.78 is 31.0. The lowest BCUT2D eigenvalue weighted by atomic mass is 10.3. The number of nitrogens with one attached hydrogen (secondary N) is 1. The molecule has 0 saturated carbocycles. The van der Waals surface area contributed by atoms with Gasteiger partial charge in [0.05, 0.1) is 6.61 Å². The molecule has 6 nitrogen and oxygen atoms in total. The van der Waals surface area contributed by atoms with E-state index < -0.39 is 6.43 Å². The molecule has 146 valence electrons. The molecule has 8 heteroatoms. The highest BCUT2D eigenvalue weighted by Gasteiger charge is 2.23. The summed E-state index contributed by atoms with van der Waals surface area (Å²) in [5, 5.41) is 5.95. The van der Waals surface area contributed by atoms with Gasteiger partial charge in [0.25, 0.3) is 12.3 Å². The van der Waals surface area contributed by atoms with Gasteiger partial charge in [-0.15, -0.1) is 0 Å². The van der Waals surface area contributed by atoms with Crippen LogP contribution in [0, 0.1) is 0 Å². The van der Waals surface area contributed by atoms with Crippen LogP contribution in [-0.2, 0) is 0 Å². The second kappa shape index (κ2) is 9.45. The summed E-state index contributed by atoms with van der Waals surface area (Å²) in [4.78, 5) is 16.5. The molecule has 1 saturated heterocycles. The molecule has 2 heterocycles. The average molecular weight is 378 g/mol. The van der Waals surface area contributed by atoms with Gasteiger partial charge in [-0.2, -0.15) is 5.10 Å². The number of nitrogens with zero attached hydrogens (tertiary/aromatic N) is 3. The molecule has 1 aromatic heterocycles. The second-order valence-electron chi connectivity index (χ2n) is 6.51. The fraction of sp³-hybridized carbons (Fsp3) is 0.474. The van der Waals surface area contributed by atoms with Crippen molar-refractivity contribution >= 4 is 5.91 Å². The fourth-order valence-corrected chi connectivity index (χ4v) is 3.11. The lowest BCUT2D eigenvalue weighted by molar-refractivity contribution is 0.0755. The largest absolute Gasteiger partial charge is 0.494 e. The Kier molecular flexibility index (Phi) is 6.75. The topological polar surface area (TPSA) is 61.5 Å². The zero-order valence-corrected chi connectivity index (χ0v) is 15.1. The SMILES string of the molecule is O=C(c1cc(C(F)F)[nH]n1)N1CCCN(CCCOc2ccccc2)CC1. The number of carbonyl (C=O) groups is 1. The van der Waals surface area contributed by atoms with Gasteiger partial charge in [-0.3, -0.25) is 9.89 Å². The number of benzene rings is 1. The lowest BCUT2D eigenvalue weighted by Crippen LogP contribution is -2.35. The predicted octanol–water partition coefficient (Wildman–Crippen LogP) is 2.96. The Hall–Kier alpha value is -2.48. The maximum atomic E-state index is 12.6. The van der Waals surface area contributed by atoms with E-state index in [2.05, 4.69) is 15.1 Å². The first-order chi connectivity index (χ1) is 13.1. The number of carbonyl (C=O) groups excluding carboxylic acids is 1. The predicted molar refractivity (Wildman–Crippen MR) is 97.1 cm³/mol. The van der Waals surface area contributed by atoms with Gasteiger partial charge in [0.2, 0.25) is 0 Å². The molecule has 1 amide bonds. The highest BCUT2D eigenvalue weighted by atomic mass is 19.3. The number of aromatic amines is 1. The first-order valence-corrected chi connectivity index (χ1v) is 9.16. The van der Waals surface area contributed by atoms with Crippen LogP contribution in [0.3, 0.4) is 0 Å². The average Bonchev–Trinajstić information content (AvgIpc) is 3.06. The Bertz CT molecular complexity index is 724. The van der Waals surface area contributed by atoms with Gasteiger partial charge in [-0.1, -0.05) is 18.2 Å². The lowest BCUT2D eigenvalue weighted by Gasteiger charge is -2.21. The molecule has 1 aromatic carbocycles. The van der Waals surface area contributed by atoms with Crippen LogP contribution >= 0.6 is 0 Å². The van der Waals surface area contributed by atoms with Gasteiger partial charge in [0.1, 0.15) is 11.4 Å². The summed E-state index contributed by atoms with van der Waals surface area (Å²) in [6.07, 6.45) is -0.908. The summed E-state index contributed by atoms with van der Waals surface area (Å²) in [5.41, 5.74) is -0.275. The number of ether oxygens (including phenoxy) is 1. The zero-order valence-electron chi connectivity index (χ0n) is 15.1. The summed E-state index contributed by atoms with van der Waals surface area (Å²) in [5.74, 6) is 0.569. The molecule has 0 bridgehead atoms. The number of halogens is 2. The third-order valence-corrected chi connectivity index (χ3v) is 4.56. The standard InChI is InChI=1S/C19H24F2N4O2/c20-18(21)16-14-17(23-22-16)19(26)25-10-4-8-24(11-12-25)9-5-13-27-15-6-2-1-3-7-15/h1-3,6-7,14,18H,4-5,8-13H2,(H,22,23). The van der Waals surface area contributed by atoms with Gasteiger partial charge < -0.3 is 14.5 Å². The van der Waals surface area contributed by atoms with Crippen molar-refractivity contribution in [2.45, 2.75) is 19.3 Å². The van der Waals surface area contributed by atoms with E-state index in [4.69, 9.17) is 4.74 Å². The van der Waals surface area contributed by atoms with Crippen LogP contribution in [0.1, 0.15) is 35.4 Å². The Morgan fingerprint density at radius 1 is 1.19 bits per heavy atom. The number of alkyl halides is 2. The number of hydrogen-bond donors (Lipinski definition) is 1. The van der Waals surface area contributed by atoms with Gasteiger partial charge in [-0.25, -0.2) is 8.78 Å². The number of rotatable bonds is 7. The van der Waals surface area contributed by atoms with E-state index in [0.29, 0.717) is 19.7 Å². The number of amides is 1. The van der Waals surface area contributed by atoms with Gasteiger partial charge in [-0.05, 0) is 37.6 Å². The quantitative estimate of drug-likeness (QED) is 0.753. The van der Waals surface area contributed by atoms with Crippen molar-refractivity contribution in [2.24, 2.45) is 0 Å². The zero-order chi connectivity index (χ0) is 19.1. The highest BCUT2D eigenvalue weighted by Crippen LogP contribution is 2.18. The van der Waals surface area contributed by atoms with E-state index >= 15 is 0 Å². The van der Waals surface area contributed by atoms with E-state index in [1.54, 1.807) is 4.90 Å². The second-order valence-corrected chi connectivity index (χ2v) is 6.51. The van der Waals surface area contributed by atoms with Crippen LogP contribution in [0.5, 0.6) is 5.75 Å². The summed E-state index contributed by atoms with van der Waals surface area (Å²) in [6.45, 7) is 4.36. The van der Waals surface area contributed by atoms with E-state index in [1.165, 1.54) is 0 Å². The monoisotopic (exact) mass is 378 g/mol. The van der Waals surface area contributed by atoms with Crippen molar-refractivity contribution in [2.75, 3.05) is 39.3 Å². The minimum absolute atomic E-state index is 0.0509. The molecule has 1 aliphatic heterocycles. The van der Waals surface area contributed by atoms with Crippen molar-refractivity contribution < 1.29 is 18.3 Å². The van der Waals surface area contributed by atoms with E-state index in [-0.39, 0.29) is 17.3 Å². The maximum absolute atomic E-state index is 12.6. The van der Waals surface area contributed by atoms with E-state index in [1.807, 2.05) is 30.3 Å². The third-order valence-electron chi connectivity index (χ3n) is 4.56. The first-order valence-electron chi connectivity index (χ1n) is 9.16. The van der Waals surface area contributed by atoms with Gasteiger partial charge in [0.15, 0.2) is 5.69 Å². The van der Waals surface area contributed by atoms with E-state index in [9.17, 15) is 13.6 Å². The Labute approximate surface area is 157 Å². The van der Waals surface area contributed by atoms with Crippen molar-refractivity contribution in [3.63, 3.8) is 0 Å². The number of hydrogen-bond acceptors (Lipinski definition) is 4. The number of para-hydroxylation sites is 1. The molecule has 0 spiro atoms. The molecule has 0 atom stereocenters. The molecule has 2 aromatic rings. The molecule has 1 aliphatic rings. The summed E-state index contributed by atoms with van der Waals surface area (Å²) >= 11 is 0. The van der Waals surface area contributed by atoms with Crippen molar-refractivity contribution in [3.05, 3.63) is 47.8 Å². The molecule has 0 radical (unpaired) electrons. The molecule has 1 N–H and O–H groups in total. The Morgan fingerprint density at radius 3 is 2.74 bits per heavy atom. The molecule has 3 rings (SSSR count). The minimum atomic E-state index is -2.66. The van der Waals surface area contributed by atoms with Crippen molar-refractivity contribution in [1.29, 1.82) is 0 Å². The molecule has 0 aliphatic carbocycles. The van der Waals surface area contributed by atoms with E-state index in [0.717, 1.165) is 44.3 Å². The third kappa shape index (κ3) is 5.50. The van der Waals surface area contributed by atoms with Crippen LogP contribution in [0.2, 0.25) is 0 Å². The normalized spacial score (nSPS) is 15.7. The summed E-state index contributed by atoms with van der Waals surface area (Å²) in [6, 6.07) is 10.8. The van der Waals surface area contributed by atoms with Crippen molar-refractivity contribution in [3.8, 4) is 5.75 Å². The molecular formula is C19H24F2N4O2. The number of aromatic nitrogens is 2. The van der Waals surface area contributed by atoms with Crippen molar-refractivity contribution in [1.82, 2.24) is 20.0 Å². The van der Waals surface area contributed by atoms with Crippen LogP contribution in [-0.4, -0.2) is 65.2 Å². The minimum Gasteiger partial charge on any atom is -0.494 e. The fourth-order valence-electron chi connectivity index (χ4n) is 3.11. The number of H-pyrrole nitrogens is 1. The Balaban J connectivity index is 1.42. The smallest absolute Gasteiger partial charge is 0.279 e. The van der Waals surface area contributed by atoms with Crippen LogP contribution < -0.4 is 4.74 Å². The molecule has 27 heavy (non-hydrogen) atoms. The summed E-state index contributed by atoms with van der Waals surface area (Å²) in [7, 11) is 0. The highest BCUT2D eigenvalue weighted by molar-refractivity contribution is 5.92.